The second kappa shape index (κ2) is 8.11. The average molecular weight is 254 g/mol. The molecule has 1 aromatic carbocycles. The lowest BCUT2D eigenvalue weighted by molar-refractivity contribution is 0.0505. The molecule has 3 heteroatoms. The maximum absolute atomic E-state index is 5.71. The van der Waals surface area contributed by atoms with Crippen molar-refractivity contribution < 1.29 is 14.2 Å². The van der Waals surface area contributed by atoms with Crippen LogP contribution in [-0.4, -0.2) is 32.0 Å². The Bertz CT molecular complexity index is 317. The minimum absolute atomic E-state index is 0. The zero-order valence-electron chi connectivity index (χ0n) is 9.81. The molecule has 104 valence electrons. The van der Waals surface area contributed by atoms with Gasteiger partial charge in [-0.1, -0.05) is 32.5 Å². The van der Waals surface area contributed by atoms with E-state index in [9.17, 15) is 0 Å². The quantitative estimate of drug-likeness (QED) is 0.729. The highest BCUT2D eigenvalue weighted by Crippen LogP contribution is 2.14. The van der Waals surface area contributed by atoms with Gasteiger partial charge >= 0.3 is 0 Å². The van der Waals surface area contributed by atoms with E-state index in [-0.39, 0.29) is 21.0 Å². The molecule has 2 atom stereocenters. The molecule has 1 fully saturated rings. The van der Waals surface area contributed by atoms with Crippen molar-refractivity contribution in [2.45, 2.75) is 40.9 Å². The van der Waals surface area contributed by atoms with E-state index in [2.05, 4.69) is 6.92 Å². The Morgan fingerprint density at radius 1 is 1.28 bits per heavy atom. The first kappa shape index (κ1) is 16.9. The molecule has 2 rings (SSSR count). The van der Waals surface area contributed by atoms with E-state index in [1.165, 1.54) is 5.56 Å². The zero-order chi connectivity index (χ0) is 11.4. The second-order valence-corrected chi connectivity index (χ2v) is 4.23. The van der Waals surface area contributed by atoms with Gasteiger partial charge in [0.15, 0.2) is 0 Å². The van der Waals surface area contributed by atoms with Crippen LogP contribution in [0.4, 0.5) is 0 Å². The maximum Gasteiger partial charge on any atom is 0.119 e. The van der Waals surface area contributed by atoms with Crippen LogP contribution in [0, 0.1) is 6.92 Å². The summed E-state index contributed by atoms with van der Waals surface area (Å²) < 4.78 is 16.2. The second-order valence-electron chi connectivity index (χ2n) is 4.23. The number of hydrogen-bond acceptors (Lipinski definition) is 3. The van der Waals surface area contributed by atoms with Gasteiger partial charge < -0.3 is 14.2 Å². The van der Waals surface area contributed by atoms with Crippen molar-refractivity contribution >= 4 is 0 Å². The summed E-state index contributed by atoms with van der Waals surface area (Å²) >= 11 is 0. The number of hydrogen-bond donors (Lipinski definition) is 0. The van der Waals surface area contributed by atoms with Crippen molar-refractivity contribution in [1.82, 2.24) is 0 Å². The van der Waals surface area contributed by atoms with Crippen molar-refractivity contribution in [2.24, 2.45) is 0 Å². The molecule has 0 amide bonds. The normalized spacial score (nSPS) is 18.2. The Morgan fingerprint density at radius 3 is 2.44 bits per heavy atom. The van der Waals surface area contributed by atoms with Crippen molar-refractivity contribution in [3.05, 3.63) is 29.8 Å². The number of rotatable bonds is 6. The molecule has 0 aromatic heterocycles. The summed E-state index contributed by atoms with van der Waals surface area (Å²) in [5.74, 6) is 0.893. The molecule has 18 heavy (non-hydrogen) atoms. The fraction of sp³-hybridized carbons (Fsp3) is 0.600. The molecule has 1 aliphatic rings. The Kier molecular flexibility index (Phi) is 7.64. The van der Waals surface area contributed by atoms with Gasteiger partial charge in [0, 0.05) is 0 Å². The fourth-order valence-corrected chi connectivity index (χ4v) is 1.41. The third kappa shape index (κ3) is 6.03. The van der Waals surface area contributed by atoms with E-state index in [0.717, 1.165) is 12.4 Å². The van der Waals surface area contributed by atoms with E-state index >= 15 is 0 Å². The smallest absolute Gasteiger partial charge is 0.119 e. The average Bonchev–Trinajstić information content (AvgIpc) is 3.05. The van der Waals surface area contributed by atoms with Crippen LogP contribution in [0.5, 0.6) is 5.75 Å². The highest BCUT2D eigenvalue weighted by atomic mass is 16.6. The molecule has 2 unspecified atom stereocenters. The van der Waals surface area contributed by atoms with E-state index < -0.39 is 0 Å². The van der Waals surface area contributed by atoms with Crippen LogP contribution >= 0.6 is 0 Å². The number of aryl methyl sites for hydroxylation is 1. The van der Waals surface area contributed by atoms with E-state index in [1.807, 2.05) is 31.2 Å². The fourth-order valence-electron chi connectivity index (χ4n) is 1.41. The van der Waals surface area contributed by atoms with Gasteiger partial charge in [-0.15, -0.1) is 0 Å². The van der Waals surface area contributed by atoms with E-state index in [1.54, 1.807) is 0 Å². The van der Waals surface area contributed by atoms with Crippen LogP contribution < -0.4 is 4.74 Å². The topological polar surface area (TPSA) is 31.0 Å². The van der Waals surface area contributed by atoms with Crippen molar-refractivity contribution in [2.75, 3.05) is 19.8 Å². The molecular formula is C15H26O3. The molecule has 0 saturated carbocycles. The Hall–Kier alpha value is -1.06. The van der Waals surface area contributed by atoms with Crippen LogP contribution in [0.1, 0.15) is 27.3 Å². The van der Waals surface area contributed by atoms with Gasteiger partial charge in [0.1, 0.15) is 18.0 Å². The summed E-state index contributed by atoms with van der Waals surface area (Å²) in [7, 11) is 0. The molecule has 0 radical (unpaired) electrons. The van der Waals surface area contributed by atoms with Gasteiger partial charge in [-0.05, 0) is 26.0 Å². The van der Waals surface area contributed by atoms with Crippen LogP contribution in [-0.2, 0) is 9.47 Å². The molecule has 0 aliphatic carbocycles. The van der Waals surface area contributed by atoms with Crippen LogP contribution in [0.25, 0.3) is 0 Å². The third-order valence-electron chi connectivity index (χ3n) is 2.42. The lowest BCUT2D eigenvalue weighted by atomic mass is 10.2. The van der Waals surface area contributed by atoms with Crippen molar-refractivity contribution in [3.8, 4) is 5.75 Å². The molecule has 0 N–H and O–H groups in total. The third-order valence-corrected chi connectivity index (χ3v) is 2.42. The first-order chi connectivity index (χ1) is 7.74. The zero-order valence-corrected chi connectivity index (χ0v) is 9.81. The summed E-state index contributed by atoms with van der Waals surface area (Å²) in [6.07, 6.45) is 0.396. The van der Waals surface area contributed by atoms with E-state index in [0.29, 0.717) is 19.3 Å². The predicted octanol–water partition coefficient (Wildman–Crippen LogP) is 3.45. The van der Waals surface area contributed by atoms with E-state index in [4.69, 9.17) is 14.2 Å². The minimum Gasteiger partial charge on any atom is -0.488 e. The summed E-state index contributed by atoms with van der Waals surface area (Å²) in [6.45, 7) is 6.20. The Morgan fingerprint density at radius 2 is 1.89 bits per heavy atom. The number of ether oxygens (including phenoxy) is 3. The van der Waals surface area contributed by atoms with Gasteiger partial charge in [-0.25, -0.2) is 0 Å². The predicted molar refractivity (Wildman–Crippen MR) is 75.3 cm³/mol. The highest BCUT2D eigenvalue weighted by Gasteiger charge is 2.22. The molecule has 1 aromatic rings. The van der Waals surface area contributed by atoms with Crippen LogP contribution in [0.2, 0.25) is 0 Å². The summed E-state index contributed by atoms with van der Waals surface area (Å²) in [5, 5.41) is 0. The first-order valence-electron chi connectivity index (χ1n) is 5.67. The highest BCUT2D eigenvalue weighted by molar-refractivity contribution is 5.26. The Balaban J connectivity index is 0.00000144. The molecule has 1 saturated heterocycles. The number of benzene rings is 1. The SMILES string of the molecule is C.C.Cc1ccc(OC(C)COCC2CO2)cc1. The van der Waals surface area contributed by atoms with Crippen molar-refractivity contribution in [1.29, 1.82) is 0 Å². The molecular weight excluding hydrogens is 228 g/mol. The molecule has 1 heterocycles. The van der Waals surface area contributed by atoms with Crippen LogP contribution in [0.15, 0.2) is 24.3 Å². The largest absolute Gasteiger partial charge is 0.488 e. The summed E-state index contributed by atoms with van der Waals surface area (Å²) in [4.78, 5) is 0. The number of epoxide rings is 1. The summed E-state index contributed by atoms with van der Waals surface area (Å²) in [6, 6.07) is 8.05. The molecule has 1 aliphatic heterocycles. The lowest BCUT2D eigenvalue weighted by Gasteiger charge is -2.14. The molecule has 3 nitrogen and oxygen atoms in total. The standard InChI is InChI=1S/C13H18O3.2CH4/c1-10-3-5-12(6-4-10)16-11(2)7-14-8-13-9-15-13;;/h3-6,11,13H,7-9H2,1-2H3;2*1H4. The van der Waals surface area contributed by atoms with Gasteiger partial charge in [-0.2, -0.15) is 0 Å². The Labute approximate surface area is 111 Å². The lowest BCUT2D eigenvalue weighted by Crippen LogP contribution is -2.20. The minimum atomic E-state index is 0. The van der Waals surface area contributed by atoms with Gasteiger partial charge in [-0.3, -0.25) is 0 Å². The van der Waals surface area contributed by atoms with Crippen LogP contribution in [0.3, 0.4) is 0 Å². The van der Waals surface area contributed by atoms with Gasteiger partial charge in [0.2, 0.25) is 0 Å². The van der Waals surface area contributed by atoms with Gasteiger partial charge in [0.05, 0.1) is 19.8 Å². The summed E-state index contributed by atoms with van der Waals surface area (Å²) in [5.41, 5.74) is 1.24. The maximum atomic E-state index is 5.71. The van der Waals surface area contributed by atoms with Gasteiger partial charge in [0.25, 0.3) is 0 Å². The molecule has 0 bridgehead atoms. The molecule has 0 spiro atoms. The monoisotopic (exact) mass is 254 g/mol. The van der Waals surface area contributed by atoms with Crippen molar-refractivity contribution in [3.63, 3.8) is 0 Å². The first-order valence-corrected chi connectivity index (χ1v) is 5.67.